The molecule has 0 aliphatic heterocycles. The Morgan fingerprint density at radius 3 is 3.08 bits per heavy atom. The maximum absolute atomic E-state index is 11.1. The molecule has 0 saturated heterocycles. The van der Waals surface area contributed by atoms with Crippen molar-refractivity contribution in [3.8, 4) is 5.75 Å². The number of fused-ring (bicyclic) bond motifs is 3. The number of rotatable bonds is 7. The van der Waals surface area contributed by atoms with Crippen molar-refractivity contribution in [3.63, 3.8) is 0 Å². The van der Waals surface area contributed by atoms with Crippen LogP contribution in [-0.4, -0.2) is 48.9 Å². The number of aliphatic hydroxyl groups is 1. The Hall–Kier alpha value is -2.14. The van der Waals surface area contributed by atoms with Crippen LogP contribution < -0.4 is 4.74 Å². The molecule has 1 N–H and O–H groups in total. The van der Waals surface area contributed by atoms with Crippen molar-refractivity contribution in [3.05, 3.63) is 41.6 Å². The lowest BCUT2D eigenvalue weighted by molar-refractivity contribution is -0.113. The highest BCUT2D eigenvalue weighted by Crippen LogP contribution is 2.47. The Balaban J connectivity index is 1.50. The maximum atomic E-state index is 11.1. The molecule has 5 nitrogen and oxygen atoms in total. The van der Waals surface area contributed by atoms with E-state index in [4.69, 9.17) is 4.74 Å². The number of carbonyl (C=O) groups is 1. The fourth-order valence-corrected chi connectivity index (χ4v) is 4.24. The van der Waals surface area contributed by atoms with Crippen molar-refractivity contribution in [2.75, 3.05) is 20.2 Å². The molecule has 0 radical (unpaired) electrons. The zero-order valence-corrected chi connectivity index (χ0v) is 15.4. The molecule has 0 bridgehead atoms. The largest absolute Gasteiger partial charge is 0.491 e. The molecule has 5 heteroatoms. The number of nitrogens with zero attached hydrogens (tertiary/aromatic N) is 2. The van der Waals surface area contributed by atoms with Crippen LogP contribution in [-0.2, 0) is 11.2 Å². The van der Waals surface area contributed by atoms with Crippen molar-refractivity contribution in [2.24, 2.45) is 10.9 Å². The number of amides is 1. The molecule has 3 atom stereocenters. The third kappa shape index (κ3) is 4.52. The summed E-state index contributed by atoms with van der Waals surface area (Å²) < 4.78 is 5.80. The second kappa shape index (κ2) is 8.49. The molecular weight excluding hydrogens is 328 g/mol. The highest BCUT2D eigenvalue weighted by atomic mass is 16.5. The molecule has 26 heavy (non-hydrogen) atoms. The van der Waals surface area contributed by atoms with Crippen molar-refractivity contribution in [2.45, 2.75) is 44.1 Å². The standard InChI is InChI=1S/C21H28N2O3/c1-22-21(25)9-10-23(2)13-17(24)14-26-18-7-8-20-16(12-18)11-15-5-3-4-6-19(15)20/h7-10,12,15,17,19,24H,1,3-6,11,13-14H2,2H3/b10-9-/t15?,17-,19?/m0/s1. The molecule has 1 fully saturated rings. The summed E-state index contributed by atoms with van der Waals surface area (Å²) in [4.78, 5) is 16.1. The Labute approximate surface area is 155 Å². The van der Waals surface area contributed by atoms with Crippen LogP contribution in [0.25, 0.3) is 0 Å². The van der Waals surface area contributed by atoms with Crippen LogP contribution in [0.1, 0.15) is 42.7 Å². The summed E-state index contributed by atoms with van der Waals surface area (Å²) in [7, 11) is 1.78. The molecule has 2 aliphatic rings. The van der Waals surface area contributed by atoms with Crippen LogP contribution in [0.5, 0.6) is 5.75 Å². The van der Waals surface area contributed by atoms with Crippen molar-refractivity contribution < 1.29 is 14.6 Å². The van der Waals surface area contributed by atoms with Gasteiger partial charge in [0.1, 0.15) is 18.5 Å². The maximum Gasteiger partial charge on any atom is 0.270 e. The zero-order chi connectivity index (χ0) is 18.5. The van der Waals surface area contributed by atoms with Gasteiger partial charge in [-0.15, -0.1) is 0 Å². The Morgan fingerprint density at radius 2 is 2.27 bits per heavy atom. The van der Waals surface area contributed by atoms with Gasteiger partial charge in [-0.2, -0.15) is 0 Å². The number of aliphatic hydroxyl groups excluding tert-OH is 1. The molecule has 2 unspecified atom stereocenters. The number of aliphatic imine (C=N–C) groups is 1. The van der Waals surface area contributed by atoms with E-state index < -0.39 is 12.0 Å². The summed E-state index contributed by atoms with van der Waals surface area (Å²) >= 11 is 0. The predicted octanol–water partition coefficient (Wildman–Crippen LogP) is 2.93. The van der Waals surface area contributed by atoms with Crippen molar-refractivity contribution in [1.29, 1.82) is 0 Å². The van der Waals surface area contributed by atoms with Gasteiger partial charge >= 0.3 is 0 Å². The minimum Gasteiger partial charge on any atom is -0.491 e. The van der Waals surface area contributed by atoms with Gasteiger partial charge in [-0.25, -0.2) is 4.99 Å². The first kappa shape index (κ1) is 18.6. The second-order valence-electron chi connectivity index (χ2n) is 7.43. The SMILES string of the molecule is C=NC(=O)/C=C\N(C)C[C@H](O)COc1ccc2c(c1)CC1CCCCC21. The molecule has 140 valence electrons. The molecule has 1 aromatic carbocycles. The fraction of sp³-hybridized carbons (Fsp3) is 0.524. The van der Waals surface area contributed by atoms with Crippen LogP contribution in [0.2, 0.25) is 0 Å². The lowest BCUT2D eigenvalue weighted by atomic mass is 9.80. The molecule has 0 spiro atoms. The lowest BCUT2D eigenvalue weighted by Gasteiger charge is -2.25. The van der Waals surface area contributed by atoms with Gasteiger partial charge in [0, 0.05) is 25.9 Å². The van der Waals surface area contributed by atoms with Gasteiger partial charge < -0.3 is 14.7 Å². The van der Waals surface area contributed by atoms with E-state index in [9.17, 15) is 9.90 Å². The predicted molar refractivity (Wildman–Crippen MR) is 103 cm³/mol. The minimum absolute atomic E-state index is 0.220. The topological polar surface area (TPSA) is 62.1 Å². The van der Waals surface area contributed by atoms with Gasteiger partial charge in [0.05, 0.1) is 0 Å². The highest BCUT2D eigenvalue weighted by Gasteiger charge is 2.34. The zero-order valence-electron chi connectivity index (χ0n) is 15.4. The molecule has 2 aliphatic carbocycles. The van der Waals surface area contributed by atoms with Crippen LogP contribution in [0, 0.1) is 5.92 Å². The Kier molecular flexibility index (Phi) is 6.09. The van der Waals surface area contributed by atoms with E-state index in [1.807, 2.05) is 6.07 Å². The first-order valence-electron chi connectivity index (χ1n) is 9.39. The summed E-state index contributed by atoms with van der Waals surface area (Å²) in [6.45, 7) is 3.76. The third-order valence-corrected chi connectivity index (χ3v) is 5.47. The Bertz CT molecular complexity index is 686. The van der Waals surface area contributed by atoms with Gasteiger partial charge in [0.15, 0.2) is 0 Å². The lowest BCUT2D eigenvalue weighted by Crippen LogP contribution is -2.30. The average Bonchev–Trinajstić information content (AvgIpc) is 3.02. The van der Waals surface area contributed by atoms with E-state index in [1.54, 1.807) is 18.1 Å². The number of likely N-dealkylation sites (N-methyl/N-ethyl adjacent to an activating group) is 1. The summed E-state index contributed by atoms with van der Waals surface area (Å²) in [6.07, 6.45) is 8.80. The molecule has 0 heterocycles. The third-order valence-electron chi connectivity index (χ3n) is 5.47. The van der Waals surface area contributed by atoms with E-state index in [-0.39, 0.29) is 6.61 Å². The van der Waals surface area contributed by atoms with E-state index in [0.717, 1.165) is 17.6 Å². The van der Waals surface area contributed by atoms with Crippen molar-refractivity contribution >= 4 is 12.6 Å². The summed E-state index contributed by atoms with van der Waals surface area (Å²) in [5, 5.41) is 10.1. The quantitative estimate of drug-likeness (QED) is 0.603. The molecule has 1 saturated carbocycles. The summed E-state index contributed by atoms with van der Waals surface area (Å²) in [6, 6.07) is 6.40. The number of hydrogen-bond acceptors (Lipinski definition) is 4. The first-order valence-corrected chi connectivity index (χ1v) is 9.39. The molecular formula is C21H28N2O3. The molecule has 1 aromatic rings. The van der Waals surface area contributed by atoms with Gasteiger partial charge in [0.2, 0.25) is 0 Å². The second-order valence-corrected chi connectivity index (χ2v) is 7.43. The van der Waals surface area contributed by atoms with Crippen LogP contribution in [0.3, 0.4) is 0 Å². The Morgan fingerprint density at radius 1 is 1.46 bits per heavy atom. The normalized spacial score (nSPS) is 22.5. The van der Waals surface area contributed by atoms with Crippen molar-refractivity contribution in [1.82, 2.24) is 4.90 Å². The van der Waals surface area contributed by atoms with Crippen LogP contribution >= 0.6 is 0 Å². The first-order chi connectivity index (χ1) is 12.6. The van der Waals surface area contributed by atoms with Crippen LogP contribution in [0.4, 0.5) is 0 Å². The van der Waals surface area contributed by atoms with Gasteiger partial charge in [-0.3, -0.25) is 4.79 Å². The number of carbonyl (C=O) groups excluding carboxylic acids is 1. The van der Waals surface area contributed by atoms with Gasteiger partial charge in [0.25, 0.3) is 5.91 Å². The number of benzene rings is 1. The van der Waals surface area contributed by atoms with Gasteiger partial charge in [-0.05, 0) is 61.1 Å². The van der Waals surface area contributed by atoms with E-state index in [0.29, 0.717) is 6.54 Å². The highest BCUT2D eigenvalue weighted by molar-refractivity contribution is 5.90. The number of ether oxygens (including phenoxy) is 1. The molecule has 0 aromatic heterocycles. The monoisotopic (exact) mass is 356 g/mol. The average molecular weight is 356 g/mol. The summed E-state index contributed by atoms with van der Waals surface area (Å²) in [5.74, 6) is 1.98. The van der Waals surface area contributed by atoms with Crippen LogP contribution in [0.15, 0.2) is 35.5 Å². The fourth-order valence-electron chi connectivity index (χ4n) is 4.24. The summed E-state index contributed by atoms with van der Waals surface area (Å²) in [5.41, 5.74) is 2.93. The van der Waals surface area contributed by atoms with E-state index in [2.05, 4.69) is 23.8 Å². The van der Waals surface area contributed by atoms with E-state index >= 15 is 0 Å². The smallest absolute Gasteiger partial charge is 0.270 e. The number of hydrogen-bond donors (Lipinski definition) is 1. The molecule has 3 rings (SSSR count). The van der Waals surface area contributed by atoms with E-state index in [1.165, 1.54) is 49.3 Å². The minimum atomic E-state index is -0.646. The van der Waals surface area contributed by atoms with Gasteiger partial charge in [-0.1, -0.05) is 18.9 Å². The molecule has 1 amide bonds.